The van der Waals surface area contributed by atoms with Crippen molar-refractivity contribution in [1.82, 2.24) is 5.32 Å². The van der Waals surface area contributed by atoms with Gasteiger partial charge in [0, 0.05) is 24.1 Å². The zero-order valence-corrected chi connectivity index (χ0v) is 12.4. The van der Waals surface area contributed by atoms with E-state index in [-0.39, 0.29) is 11.7 Å². The molecule has 20 heavy (non-hydrogen) atoms. The first-order valence-corrected chi connectivity index (χ1v) is 7.75. The topological polar surface area (TPSA) is 41.5 Å². The lowest BCUT2D eigenvalue weighted by molar-refractivity contribution is 0.0579. The Labute approximate surface area is 121 Å². The summed E-state index contributed by atoms with van der Waals surface area (Å²) in [6, 6.07) is 9.23. The molecule has 1 unspecified atom stereocenters. The lowest BCUT2D eigenvalue weighted by Crippen LogP contribution is -2.44. The van der Waals surface area contributed by atoms with Gasteiger partial charge in [-0.1, -0.05) is 18.2 Å². The number of rotatable bonds is 2. The summed E-state index contributed by atoms with van der Waals surface area (Å²) in [7, 11) is 0. The second kappa shape index (κ2) is 5.38. The second-order valence-corrected chi connectivity index (χ2v) is 6.83. The molecule has 3 heteroatoms. The van der Waals surface area contributed by atoms with Crippen LogP contribution in [0.15, 0.2) is 24.3 Å². The van der Waals surface area contributed by atoms with E-state index in [9.17, 15) is 5.11 Å². The van der Waals surface area contributed by atoms with Gasteiger partial charge in [-0.3, -0.25) is 0 Å². The van der Waals surface area contributed by atoms with Gasteiger partial charge in [0.2, 0.25) is 0 Å². The van der Waals surface area contributed by atoms with Crippen molar-refractivity contribution in [2.45, 2.75) is 69.7 Å². The third-order valence-corrected chi connectivity index (χ3v) is 4.51. The number of fused-ring (bicyclic) bond motifs is 1. The van der Waals surface area contributed by atoms with Crippen molar-refractivity contribution < 1.29 is 9.84 Å². The number of ether oxygens (including phenoxy) is 1. The van der Waals surface area contributed by atoms with Gasteiger partial charge >= 0.3 is 0 Å². The van der Waals surface area contributed by atoms with Crippen LogP contribution >= 0.6 is 0 Å². The summed E-state index contributed by atoms with van der Waals surface area (Å²) >= 11 is 0. The minimum absolute atomic E-state index is 0.0912. The van der Waals surface area contributed by atoms with Crippen molar-refractivity contribution in [2.24, 2.45) is 0 Å². The van der Waals surface area contributed by atoms with Gasteiger partial charge < -0.3 is 15.2 Å². The molecule has 0 spiro atoms. The van der Waals surface area contributed by atoms with E-state index in [1.165, 1.54) is 5.56 Å². The summed E-state index contributed by atoms with van der Waals surface area (Å²) in [6.45, 7) is 4.31. The van der Waals surface area contributed by atoms with E-state index in [0.29, 0.717) is 12.1 Å². The number of benzene rings is 1. The van der Waals surface area contributed by atoms with Crippen LogP contribution in [0.25, 0.3) is 0 Å². The monoisotopic (exact) mass is 275 g/mol. The summed E-state index contributed by atoms with van der Waals surface area (Å²) < 4.78 is 6.08. The van der Waals surface area contributed by atoms with E-state index in [1.54, 1.807) is 0 Å². The summed E-state index contributed by atoms with van der Waals surface area (Å²) in [5, 5.41) is 13.4. The highest BCUT2D eigenvalue weighted by Gasteiger charge is 2.34. The molecule has 110 valence electrons. The van der Waals surface area contributed by atoms with E-state index in [4.69, 9.17) is 4.74 Å². The molecule has 1 aliphatic heterocycles. The van der Waals surface area contributed by atoms with E-state index in [0.717, 1.165) is 37.9 Å². The molecule has 2 aliphatic rings. The van der Waals surface area contributed by atoms with E-state index < -0.39 is 0 Å². The summed E-state index contributed by atoms with van der Waals surface area (Å²) in [5.41, 5.74) is 1.15. The normalized spacial score (nSPS) is 32.2. The molecule has 1 saturated carbocycles. The molecule has 1 aromatic carbocycles. The average Bonchev–Trinajstić information content (AvgIpc) is 2.40. The lowest BCUT2D eigenvalue weighted by Gasteiger charge is -2.40. The van der Waals surface area contributed by atoms with Crippen LogP contribution in [0.2, 0.25) is 0 Å². The SMILES string of the molecule is CC1(C)CC(NC2CCC(O)CC2)c2ccccc2O1. The second-order valence-electron chi connectivity index (χ2n) is 6.83. The maximum atomic E-state index is 9.63. The predicted octanol–water partition coefficient (Wildman–Crippen LogP) is 3.18. The van der Waals surface area contributed by atoms with Gasteiger partial charge in [0.05, 0.1) is 6.10 Å². The molecule has 2 N–H and O–H groups in total. The Morgan fingerprint density at radius 2 is 1.85 bits per heavy atom. The van der Waals surface area contributed by atoms with Crippen molar-refractivity contribution in [2.75, 3.05) is 0 Å². The fraction of sp³-hybridized carbons (Fsp3) is 0.647. The maximum absolute atomic E-state index is 9.63. The van der Waals surface area contributed by atoms with E-state index in [2.05, 4.69) is 37.4 Å². The molecule has 0 saturated heterocycles. The first-order valence-electron chi connectivity index (χ1n) is 7.75. The number of aliphatic hydroxyl groups is 1. The van der Waals surface area contributed by atoms with Crippen LogP contribution < -0.4 is 10.1 Å². The summed E-state index contributed by atoms with van der Waals surface area (Å²) in [6.07, 6.45) is 4.88. The molecule has 1 aliphatic carbocycles. The molecule has 0 radical (unpaired) electrons. The van der Waals surface area contributed by atoms with Crippen molar-refractivity contribution in [1.29, 1.82) is 0 Å². The molecule has 1 aromatic rings. The lowest BCUT2D eigenvalue weighted by atomic mass is 9.87. The molecule has 1 atom stereocenters. The van der Waals surface area contributed by atoms with Crippen molar-refractivity contribution in [3.63, 3.8) is 0 Å². The Hall–Kier alpha value is -1.06. The molecule has 0 bridgehead atoms. The van der Waals surface area contributed by atoms with Gasteiger partial charge in [0.1, 0.15) is 11.4 Å². The molecule has 0 amide bonds. The van der Waals surface area contributed by atoms with Gasteiger partial charge in [0.15, 0.2) is 0 Å². The highest BCUT2D eigenvalue weighted by molar-refractivity contribution is 5.38. The van der Waals surface area contributed by atoms with Crippen LogP contribution in [0.1, 0.15) is 57.6 Å². The predicted molar refractivity (Wildman–Crippen MR) is 79.9 cm³/mol. The standard InChI is InChI=1S/C17H25NO2/c1-17(2)11-15(14-5-3-4-6-16(14)20-17)18-12-7-9-13(19)10-8-12/h3-6,12-13,15,18-19H,7-11H2,1-2H3. The molecular weight excluding hydrogens is 250 g/mol. The van der Waals surface area contributed by atoms with Crippen LogP contribution in [0.4, 0.5) is 0 Å². The van der Waals surface area contributed by atoms with Gasteiger partial charge in [-0.25, -0.2) is 0 Å². The number of para-hydroxylation sites is 1. The smallest absolute Gasteiger partial charge is 0.124 e. The molecule has 1 heterocycles. The number of aliphatic hydroxyl groups excluding tert-OH is 1. The molecule has 3 nitrogen and oxygen atoms in total. The molecular formula is C17H25NO2. The van der Waals surface area contributed by atoms with Gasteiger partial charge in [-0.05, 0) is 45.6 Å². The van der Waals surface area contributed by atoms with E-state index in [1.807, 2.05) is 6.07 Å². The minimum Gasteiger partial charge on any atom is -0.487 e. The van der Waals surface area contributed by atoms with Crippen LogP contribution in [0.5, 0.6) is 5.75 Å². The highest BCUT2D eigenvalue weighted by Crippen LogP contribution is 2.40. The van der Waals surface area contributed by atoms with Gasteiger partial charge in [-0.15, -0.1) is 0 Å². The number of hydrogen-bond acceptors (Lipinski definition) is 3. The first-order chi connectivity index (χ1) is 9.53. The van der Waals surface area contributed by atoms with Gasteiger partial charge in [0.25, 0.3) is 0 Å². The zero-order chi connectivity index (χ0) is 14.2. The Morgan fingerprint density at radius 3 is 2.60 bits per heavy atom. The molecule has 3 rings (SSSR count). The molecule has 1 fully saturated rings. The Balaban J connectivity index is 1.75. The Morgan fingerprint density at radius 1 is 1.15 bits per heavy atom. The fourth-order valence-corrected chi connectivity index (χ4v) is 3.48. The third-order valence-electron chi connectivity index (χ3n) is 4.51. The number of nitrogens with one attached hydrogen (secondary N) is 1. The number of hydrogen-bond donors (Lipinski definition) is 2. The van der Waals surface area contributed by atoms with Crippen molar-refractivity contribution >= 4 is 0 Å². The van der Waals surface area contributed by atoms with Crippen LogP contribution in [0.3, 0.4) is 0 Å². The third kappa shape index (κ3) is 2.99. The Kier molecular flexibility index (Phi) is 3.74. The largest absolute Gasteiger partial charge is 0.487 e. The average molecular weight is 275 g/mol. The maximum Gasteiger partial charge on any atom is 0.124 e. The van der Waals surface area contributed by atoms with Crippen molar-refractivity contribution in [3.8, 4) is 5.75 Å². The zero-order valence-electron chi connectivity index (χ0n) is 12.4. The quantitative estimate of drug-likeness (QED) is 0.871. The first kappa shape index (κ1) is 13.9. The molecule has 0 aromatic heterocycles. The van der Waals surface area contributed by atoms with Crippen molar-refractivity contribution in [3.05, 3.63) is 29.8 Å². The van der Waals surface area contributed by atoms with Crippen LogP contribution in [-0.2, 0) is 0 Å². The van der Waals surface area contributed by atoms with E-state index >= 15 is 0 Å². The summed E-state index contributed by atoms with van der Waals surface area (Å²) in [5.74, 6) is 1.01. The minimum atomic E-state index is -0.125. The highest BCUT2D eigenvalue weighted by atomic mass is 16.5. The van der Waals surface area contributed by atoms with Crippen LogP contribution in [-0.4, -0.2) is 22.9 Å². The van der Waals surface area contributed by atoms with Crippen LogP contribution in [0, 0.1) is 0 Å². The summed E-state index contributed by atoms with van der Waals surface area (Å²) in [4.78, 5) is 0. The fourth-order valence-electron chi connectivity index (χ4n) is 3.48. The Bertz CT molecular complexity index is 464. The van der Waals surface area contributed by atoms with Gasteiger partial charge in [-0.2, -0.15) is 0 Å².